The van der Waals surface area contributed by atoms with E-state index in [1.165, 1.54) is 12.1 Å². The molecule has 0 saturated carbocycles. The molecule has 22 heavy (non-hydrogen) atoms. The Kier molecular flexibility index (Phi) is 5.71. The number of thiazole rings is 1. The van der Waals surface area contributed by atoms with E-state index < -0.39 is 0 Å². The van der Waals surface area contributed by atoms with Crippen LogP contribution in [0.3, 0.4) is 0 Å². The van der Waals surface area contributed by atoms with E-state index in [1.807, 2.05) is 13.8 Å². The number of carbonyl (C=O) groups is 1. The molecule has 118 valence electrons. The molecule has 0 fully saturated rings. The molecule has 0 spiro atoms. The first kappa shape index (κ1) is 16.2. The summed E-state index contributed by atoms with van der Waals surface area (Å²) < 4.78 is 18.3. The monoisotopic (exact) mass is 323 g/mol. The number of hydrogen-bond acceptors (Lipinski definition) is 4. The average Bonchev–Trinajstić information content (AvgIpc) is 2.80. The third-order valence-electron chi connectivity index (χ3n) is 2.93. The van der Waals surface area contributed by atoms with Gasteiger partial charge in [-0.3, -0.25) is 0 Å². The molecule has 0 atom stereocenters. The van der Waals surface area contributed by atoms with Gasteiger partial charge in [0.25, 0.3) is 0 Å². The van der Waals surface area contributed by atoms with Crippen molar-refractivity contribution >= 4 is 17.4 Å². The molecule has 0 aliphatic carbocycles. The van der Waals surface area contributed by atoms with Gasteiger partial charge in [-0.2, -0.15) is 0 Å². The number of aromatic nitrogens is 1. The lowest BCUT2D eigenvalue weighted by Crippen LogP contribution is -2.37. The minimum atomic E-state index is -0.350. The second-order valence-corrected chi connectivity index (χ2v) is 5.95. The Hall–Kier alpha value is -2.15. The molecule has 7 heteroatoms. The highest BCUT2D eigenvalue weighted by Crippen LogP contribution is 2.15. The Bertz CT molecular complexity index is 626. The van der Waals surface area contributed by atoms with Crippen molar-refractivity contribution in [1.29, 1.82) is 0 Å². The van der Waals surface area contributed by atoms with Gasteiger partial charge in [0.2, 0.25) is 0 Å². The van der Waals surface area contributed by atoms with Crippen LogP contribution in [0.5, 0.6) is 5.75 Å². The van der Waals surface area contributed by atoms with Gasteiger partial charge >= 0.3 is 6.03 Å². The van der Waals surface area contributed by atoms with Gasteiger partial charge in [-0.1, -0.05) is 6.07 Å². The Balaban J connectivity index is 1.63. The van der Waals surface area contributed by atoms with Crippen LogP contribution in [0, 0.1) is 19.7 Å². The number of hydrogen-bond donors (Lipinski definition) is 2. The zero-order chi connectivity index (χ0) is 15.9. The molecule has 0 aliphatic rings. The number of aryl methyl sites for hydroxylation is 2. The fraction of sp³-hybridized carbons (Fsp3) is 0.333. The van der Waals surface area contributed by atoms with Crippen molar-refractivity contribution in [1.82, 2.24) is 15.6 Å². The molecule has 0 bridgehead atoms. The summed E-state index contributed by atoms with van der Waals surface area (Å²) in [5.41, 5.74) is 0.991. The van der Waals surface area contributed by atoms with Crippen molar-refractivity contribution in [3.8, 4) is 5.75 Å². The number of carbonyl (C=O) groups excluding carboxylic acids is 1. The number of nitrogens with zero attached hydrogens (tertiary/aromatic N) is 1. The van der Waals surface area contributed by atoms with Gasteiger partial charge in [0.05, 0.1) is 18.8 Å². The highest BCUT2D eigenvalue weighted by atomic mass is 32.1. The first-order valence-corrected chi connectivity index (χ1v) is 7.69. The van der Waals surface area contributed by atoms with Crippen molar-refractivity contribution in [2.45, 2.75) is 20.4 Å². The summed E-state index contributed by atoms with van der Waals surface area (Å²) in [6.45, 7) is 4.94. The molecule has 2 aromatic rings. The van der Waals surface area contributed by atoms with E-state index in [2.05, 4.69) is 15.6 Å². The molecule has 0 radical (unpaired) electrons. The third-order valence-corrected chi connectivity index (χ3v) is 4.00. The molecule has 1 aromatic carbocycles. The van der Waals surface area contributed by atoms with Gasteiger partial charge in [0.1, 0.15) is 23.2 Å². The molecule has 5 nitrogen and oxygen atoms in total. The Morgan fingerprint density at radius 2 is 2.18 bits per heavy atom. The quantitative estimate of drug-likeness (QED) is 0.804. The average molecular weight is 323 g/mol. The van der Waals surface area contributed by atoms with Gasteiger partial charge in [-0.15, -0.1) is 11.3 Å². The van der Waals surface area contributed by atoms with Crippen LogP contribution in [-0.2, 0) is 6.54 Å². The Morgan fingerprint density at radius 3 is 2.86 bits per heavy atom. The molecule has 0 aliphatic heterocycles. The van der Waals surface area contributed by atoms with Crippen LogP contribution in [0.15, 0.2) is 24.3 Å². The number of urea groups is 1. The van der Waals surface area contributed by atoms with Crippen LogP contribution >= 0.6 is 11.3 Å². The molecule has 2 amide bonds. The van der Waals surface area contributed by atoms with Gasteiger partial charge in [-0.05, 0) is 26.0 Å². The van der Waals surface area contributed by atoms with Crippen LogP contribution in [0.4, 0.5) is 9.18 Å². The summed E-state index contributed by atoms with van der Waals surface area (Å²) in [6, 6.07) is 5.60. The number of halogens is 1. The van der Waals surface area contributed by atoms with Crippen LogP contribution in [0.25, 0.3) is 0 Å². The summed E-state index contributed by atoms with van der Waals surface area (Å²) in [6.07, 6.45) is 0. The predicted octanol–water partition coefficient (Wildman–Crippen LogP) is 2.78. The topological polar surface area (TPSA) is 63.2 Å². The van der Waals surface area contributed by atoms with E-state index in [4.69, 9.17) is 4.74 Å². The van der Waals surface area contributed by atoms with Crippen molar-refractivity contribution < 1.29 is 13.9 Å². The van der Waals surface area contributed by atoms with Crippen molar-refractivity contribution in [2.24, 2.45) is 0 Å². The highest BCUT2D eigenvalue weighted by Gasteiger charge is 2.05. The molecular formula is C15H18FN3O2S. The first-order valence-electron chi connectivity index (χ1n) is 6.87. The highest BCUT2D eigenvalue weighted by molar-refractivity contribution is 7.11. The number of nitrogens with one attached hydrogen (secondary N) is 2. The van der Waals surface area contributed by atoms with Crippen LogP contribution < -0.4 is 15.4 Å². The molecule has 1 heterocycles. The largest absolute Gasteiger partial charge is 0.492 e. The smallest absolute Gasteiger partial charge is 0.315 e. The molecular weight excluding hydrogens is 305 g/mol. The molecule has 1 aromatic heterocycles. The van der Waals surface area contributed by atoms with E-state index in [1.54, 1.807) is 23.5 Å². The summed E-state index contributed by atoms with van der Waals surface area (Å²) >= 11 is 1.57. The molecule has 2 N–H and O–H groups in total. The third kappa shape index (κ3) is 5.00. The molecule has 0 unspecified atom stereocenters. The second kappa shape index (κ2) is 7.74. The van der Waals surface area contributed by atoms with E-state index >= 15 is 0 Å². The minimum Gasteiger partial charge on any atom is -0.492 e. The lowest BCUT2D eigenvalue weighted by Gasteiger charge is -2.08. The zero-order valence-electron chi connectivity index (χ0n) is 12.5. The van der Waals surface area contributed by atoms with Crippen molar-refractivity contribution in [3.05, 3.63) is 45.7 Å². The SMILES string of the molecule is Cc1nc(CNC(=O)NCCOc2cccc(F)c2)sc1C. The fourth-order valence-corrected chi connectivity index (χ4v) is 2.60. The summed E-state index contributed by atoms with van der Waals surface area (Å²) in [7, 11) is 0. The molecule has 2 rings (SSSR count). The van der Waals surface area contributed by atoms with Gasteiger partial charge in [0.15, 0.2) is 0 Å². The maximum Gasteiger partial charge on any atom is 0.315 e. The number of ether oxygens (including phenoxy) is 1. The lowest BCUT2D eigenvalue weighted by molar-refractivity contribution is 0.236. The standard InChI is InChI=1S/C15H18FN3O2S/c1-10-11(2)22-14(19-10)9-18-15(20)17-6-7-21-13-5-3-4-12(16)8-13/h3-5,8H,6-7,9H2,1-2H3,(H2,17,18,20). The van der Waals surface area contributed by atoms with Crippen LogP contribution in [0.2, 0.25) is 0 Å². The van der Waals surface area contributed by atoms with E-state index in [0.717, 1.165) is 15.6 Å². The summed E-state index contributed by atoms with van der Waals surface area (Å²) in [4.78, 5) is 17.1. The maximum atomic E-state index is 12.9. The normalized spacial score (nSPS) is 10.3. The van der Waals surface area contributed by atoms with Gasteiger partial charge in [0, 0.05) is 10.9 Å². The Morgan fingerprint density at radius 1 is 1.36 bits per heavy atom. The van der Waals surface area contributed by atoms with Crippen molar-refractivity contribution in [3.63, 3.8) is 0 Å². The van der Waals surface area contributed by atoms with Crippen LogP contribution in [0.1, 0.15) is 15.6 Å². The fourth-order valence-electron chi connectivity index (χ4n) is 1.72. The number of benzene rings is 1. The minimum absolute atomic E-state index is 0.270. The first-order chi connectivity index (χ1) is 10.5. The summed E-state index contributed by atoms with van der Waals surface area (Å²) in [5, 5.41) is 6.27. The van der Waals surface area contributed by atoms with Gasteiger partial charge in [-0.25, -0.2) is 14.2 Å². The Labute approximate surface area is 132 Å². The zero-order valence-corrected chi connectivity index (χ0v) is 13.3. The van der Waals surface area contributed by atoms with E-state index in [0.29, 0.717) is 18.8 Å². The van der Waals surface area contributed by atoms with Gasteiger partial charge < -0.3 is 15.4 Å². The second-order valence-electron chi connectivity index (χ2n) is 4.66. The number of amides is 2. The van der Waals surface area contributed by atoms with Crippen LogP contribution in [-0.4, -0.2) is 24.2 Å². The van der Waals surface area contributed by atoms with Crippen molar-refractivity contribution in [2.75, 3.05) is 13.2 Å². The lowest BCUT2D eigenvalue weighted by atomic mass is 10.3. The van der Waals surface area contributed by atoms with E-state index in [9.17, 15) is 9.18 Å². The van der Waals surface area contributed by atoms with E-state index in [-0.39, 0.29) is 18.5 Å². The summed E-state index contributed by atoms with van der Waals surface area (Å²) in [5.74, 6) is 0.0909. The number of rotatable bonds is 6. The molecule has 0 saturated heterocycles. The predicted molar refractivity (Wildman–Crippen MR) is 83.7 cm³/mol. The maximum absolute atomic E-state index is 12.9.